The molecule has 4 rings (SSSR count). The number of carbonyl (C=O) groups is 3. The molecule has 0 unspecified atom stereocenters. The largest absolute Gasteiger partial charge is 0.350 e. The maximum absolute atomic E-state index is 13.0. The lowest BCUT2D eigenvalue weighted by Gasteiger charge is -2.30. The number of carbonyl (C=O) groups excluding carboxylic acids is 3. The highest BCUT2D eigenvalue weighted by Gasteiger charge is 2.40. The molecule has 1 saturated heterocycles. The summed E-state index contributed by atoms with van der Waals surface area (Å²) in [5.74, 6) is -0.794. The van der Waals surface area contributed by atoms with Crippen molar-refractivity contribution in [2.75, 3.05) is 23.3 Å². The van der Waals surface area contributed by atoms with Crippen LogP contribution in [0, 0.1) is 5.92 Å². The van der Waals surface area contributed by atoms with Crippen molar-refractivity contribution >= 4 is 63.9 Å². The molecule has 0 bridgehead atoms. The minimum Gasteiger partial charge on any atom is -0.350 e. The molecule has 2 aliphatic heterocycles. The average Bonchev–Trinajstić information content (AvgIpc) is 2.97. The molecule has 3 amide bonds. The van der Waals surface area contributed by atoms with Gasteiger partial charge < -0.3 is 10.2 Å². The zero-order chi connectivity index (χ0) is 23.0. The van der Waals surface area contributed by atoms with Crippen LogP contribution in [-0.4, -0.2) is 35.7 Å². The van der Waals surface area contributed by atoms with E-state index in [2.05, 4.69) is 12.2 Å². The molecule has 166 valence electrons. The van der Waals surface area contributed by atoms with Gasteiger partial charge in [-0.3, -0.25) is 14.4 Å². The number of benzene rings is 2. The number of amides is 3. The maximum Gasteiger partial charge on any atom is 0.283 e. The van der Waals surface area contributed by atoms with Crippen molar-refractivity contribution in [1.29, 1.82) is 0 Å². The highest BCUT2D eigenvalue weighted by atomic mass is 35.5. The Kier molecular flexibility index (Phi) is 6.47. The first-order valence-electron chi connectivity index (χ1n) is 10.2. The summed E-state index contributed by atoms with van der Waals surface area (Å²) in [6.45, 7) is 3.63. The zero-order valence-corrected chi connectivity index (χ0v) is 19.5. The molecule has 1 fully saturated rings. The van der Waals surface area contributed by atoms with Gasteiger partial charge >= 0.3 is 0 Å². The monoisotopic (exact) mass is 491 g/mol. The molecule has 0 spiro atoms. The molecule has 2 aromatic carbocycles. The zero-order valence-electron chi connectivity index (χ0n) is 17.2. The number of halogens is 3. The van der Waals surface area contributed by atoms with E-state index in [1.807, 2.05) is 4.90 Å². The first-order valence-corrected chi connectivity index (χ1v) is 11.3. The van der Waals surface area contributed by atoms with Crippen LogP contribution >= 0.6 is 34.8 Å². The van der Waals surface area contributed by atoms with E-state index in [9.17, 15) is 14.4 Å². The van der Waals surface area contributed by atoms with Crippen molar-refractivity contribution in [3.63, 3.8) is 0 Å². The third-order valence-electron chi connectivity index (χ3n) is 5.63. The quantitative estimate of drug-likeness (QED) is 0.588. The number of nitrogens with zero attached hydrogens (tertiary/aromatic N) is 2. The fourth-order valence-corrected chi connectivity index (χ4v) is 4.47. The molecule has 0 aromatic heterocycles. The predicted octanol–water partition coefficient (Wildman–Crippen LogP) is 5.30. The van der Waals surface area contributed by atoms with Gasteiger partial charge in [0.2, 0.25) is 0 Å². The molecule has 9 heteroatoms. The van der Waals surface area contributed by atoms with Crippen LogP contribution in [-0.2, 0) is 9.59 Å². The molecular weight excluding hydrogens is 473 g/mol. The third kappa shape index (κ3) is 4.35. The summed E-state index contributed by atoms with van der Waals surface area (Å²) in [5.41, 5.74) is 1.07. The van der Waals surface area contributed by atoms with Gasteiger partial charge in [0, 0.05) is 29.4 Å². The number of anilines is 2. The standard InChI is InChI=1S/C23H20Cl3N3O3/c1-13-7-9-28(10-8-13)21(30)14-3-2-4-16(11-14)27-20-19(26)22(31)29(23(20)32)18-6-5-15(24)12-17(18)25/h2-6,11-13,27H,7-10H2,1H3. The lowest BCUT2D eigenvalue weighted by molar-refractivity contribution is -0.120. The number of hydrogen-bond acceptors (Lipinski definition) is 4. The van der Waals surface area contributed by atoms with E-state index in [1.165, 1.54) is 18.2 Å². The Hall–Kier alpha value is -2.54. The van der Waals surface area contributed by atoms with Gasteiger partial charge in [0.1, 0.15) is 10.7 Å². The fraction of sp³-hybridized carbons (Fsp3) is 0.261. The van der Waals surface area contributed by atoms with Crippen LogP contribution in [0.2, 0.25) is 10.0 Å². The second-order valence-corrected chi connectivity index (χ2v) is 9.13. The minimum absolute atomic E-state index is 0.0657. The molecule has 6 nitrogen and oxygen atoms in total. The van der Waals surface area contributed by atoms with Crippen LogP contribution in [0.3, 0.4) is 0 Å². The van der Waals surface area contributed by atoms with Crippen molar-refractivity contribution in [2.45, 2.75) is 19.8 Å². The van der Waals surface area contributed by atoms with E-state index in [4.69, 9.17) is 34.8 Å². The first kappa shape index (κ1) is 22.6. The van der Waals surface area contributed by atoms with Crippen molar-refractivity contribution in [3.05, 3.63) is 68.8 Å². The van der Waals surface area contributed by atoms with Gasteiger partial charge in [-0.25, -0.2) is 4.90 Å². The normalized spacial score (nSPS) is 17.4. The van der Waals surface area contributed by atoms with Gasteiger partial charge in [-0.1, -0.05) is 47.8 Å². The van der Waals surface area contributed by atoms with Crippen LogP contribution in [0.25, 0.3) is 0 Å². The molecule has 0 aliphatic carbocycles. The van der Waals surface area contributed by atoms with Crippen molar-refractivity contribution in [2.24, 2.45) is 5.92 Å². The summed E-state index contributed by atoms with van der Waals surface area (Å²) < 4.78 is 0. The van der Waals surface area contributed by atoms with Crippen LogP contribution in [0.4, 0.5) is 11.4 Å². The lowest BCUT2D eigenvalue weighted by Crippen LogP contribution is -2.37. The maximum atomic E-state index is 13.0. The van der Waals surface area contributed by atoms with Gasteiger partial charge in [-0.05, 0) is 55.2 Å². The highest BCUT2D eigenvalue weighted by Crippen LogP contribution is 2.35. The second kappa shape index (κ2) is 9.14. The smallest absolute Gasteiger partial charge is 0.283 e. The van der Waals surface area contributed by atoms with Crippen LogP contribution in [0.1, 0.15) is 30.1 Å². The Balaban J connectivity index is 1.55. The summed E-state index contributed by atoms with van der Waals surface area (Å²) >= 11 is 18.3. The Labute approximate surface area is 200 Å². The lowest BCUT2D eigenvalue weighted by atomic mass is 9.98. The minimum atomic E-state index is -0.696. The van der Waals surface area contributed by atoms with E-state index in [-0.39, 0.29) is 27.3 Å². The van der Waals surface area contributed by atoms with Gasteiger partial charge in [0.05, 0.1) is 10.7 Å². The number of piperidine rings is 1. The number of imide groups is 1. The molecular formula is C23H20Cl3N3O3. The van der Waals surface area contributed by atoms with E-state index in [0.29, 0.717) is 22.2 Å². The highest BCUT2D eigenvalue weighted by molar-refractivity contribution is 6.53. The fourth-order valence-electron chi connectivity index (χ4n) is 3.76. The Bertz CT molecular complexity index is 1140. The molecule has 0 atom stereocenters. The van der Waals surface area contributed by atoms with E-state index in [0.717, 1.165) is 30.8 Å². The molecule has 32 heavy (non-hydrogen) atoms. The summed E-state index contributed by atoms with van der Waals surface area (Å²) in [5, 5.41) is 3.16. The van der Waals surface area contributed by atoms with E-state index in [1.54, 1.807) is 24.3 Å². The van der Waals surface area contributed by atoms with Crippen molar-refractivity contribution < 1.29 is 14.4 Å². The molecule has 2 heterocycles. The second-order valence-electron chi connectivity index (χ2n) is 7.91. The third-order valence-corrected chi connectivity index (χ3v) is 6.52. The van der Waals surface area contributed by atoms with Gasteiger partial charge in [-0.15, -0.1) is 0 Å². The van der Waals surface area contributed by atoms with Crippen LogP contribution in [0.15, 0.2) is 53.2 Å². The Morgan fingerprint density at radius 2 is 1.72 bits per heavy atom. The Morgan fingerprint density at radius 3 is 2.41 bits per heavy atom. The molecule has 2 aromatic rings. The molecule has 1 N–H and O–H groups in total. The van der Waals surface area contributed by atoms with Gasteiger partial charge in [0.25, 0.3) is 17.7 Å². The van der Waals surface area contributed by atoms with Gasteiger partial charge in [-0.2, -0.15) is 0 Å². The first-order chi connectivity index (χ1) is 15.3. The summed E-state index contributed by atoms with van der Waals surface area (Å²) in [7, 11) is 0. The van der Waals surface area contributed by atoms with Crippen LogP contribution in [0.5, 0.6) is 0 Å². The Morgan fingerprint density at radius 1 is 1.00 bits per heavy atom. The topological polar surface area (TPSA) is 69.7 Å². The summed E-state index contributed by atoms with van der Waals surface area (Å²) in [6, 6.07) is 11.2. The molecule has 0 radical (unpaired) electrons. The van der Waals surface area contributed by atoms with Gasteiger partial charge in [0.15, 0.2) is 0 Å². The molecule has 0 saturated carbocycles. The summed E-state index contributed by atoms with van der Waals surface area (Å²) in [4.78, 5) is 41.3. The summed E-state index contributed by atoms with van der Waals surface area (Å²) in [6.07, 6.45) is 1.96. The predicted molar refractivity (Wildman–Crippen MR) is 126 cm³/mol. The van der Waals surface area contributed by atoms with Crippen LogP contribution < -0.4 is 10.2 Å². The SMILES string of the molecule is CC1CCN(C(=O)c2cccc(NC3=C(Cl)C(=O)N(c4ccc(Cl)cc4Cl)C3=O)c2)CC1. The number of nitrogens with one attached hydrogen (secondary N) is 1. The molecule has 2 aliphatic rings. The van der Waals surface area contributed by atoms with Crippen molar-refractivity contribution in [3.8, 4) is 0 Å². The van der Waals surface area contributed by atoms with E-state index >= 15 is 0 Å². The average molecular weight is 493 g/mol. The number of likely N-dealkylation sites (tertiary alicyclic amines) is 1. The van der Waals surface area contributed by atoms with E-state index < -0.39 is 11.8 Å². The van der Waals surface area contributed by atoms with Crippen molar-refractivity contribution in [1.82, 2.24) is 4.90 Å². The number of hydrogen-bond donors (Lipinski definition) is 1. The number of rotatable bonds is 4.